The lowest BCUT2D eigenvalue weighted by Crippen LogP contribution is -2.00. The Morgan fingerprint density at radius 1 is 1.06 bits per heavy atom. The third-order valence-electron chi connectivity index (χ3n) is 5.59. The number of carbonyl (C=O) groups excluding carboxylic acids is 1. The van der Waals surface area contributed by atoms with Gasteiger partial charge in [0.25, 0.3) is 0 Å². The number of ketones is 1. The fourth-order valence-electron chi connectivity index (χ4n) is 3.92. The lowest BCUT2D eigenvalue weighted by Gasteiger charge is -2.12. The number of nitrogens with zero attached hydrogens (tertiary/aromatic N) is 1. The summed E-state index contributed by atoms with van der Waals surface area (Å²) in [6.45, 7) is 1.93. The standard InChI is InChI=1S/C26H20FNO3/c1-16-23(30-15-17-7-3-5-9-21(17)27)12-11-20-25(29)24(31-26(16)20)13-18-14-28(2)22-10-6-4-8-19(18)22/h3-14H,15H2,1-2H3/b24-13-. The van der Waals surface area contributed by atoms with Gasteiger partial charge in [0.15, 0.2) is 5.76 Å². The molecular formula is C26H20FNO3. The number of aromatic nitrogens is 1. The lowest BCUT2D eigenvalue weighted by atomic mass is 10.1. The molecule has 1 aromatic heterocycles. The van der Waals surface area contributed by atoms with Crippen LogP contribution in [-0.2, 0) is 13.7 Å². The fraction of sp³-hybridized carbons (Fsp3) is 0.115. The Labute approximate surface area is 179 Å². The summed E-state index contributed by atoms with van der Waals surface area (Å²) < 4.78 is 27.7. The summed E-state index contributed by atoms with van der Waals surface area (Å²) in [6.07, 6.45) is 3.76. The molecular weight excluding hydrogens is 393 g/mol. The molecule has 0 fully saturated rings. The molecule has 0 N–H and O–H groups in total. The minimum atomic E-state index is -0.312. The van der Waals surface area contributed by atoms with Gasteiger partial charge in [-0.25, -0.2) is 4.39 Å². The number of ether oxygens (including phenoxy) is 2. The predicted molar refractivity (Wildman–Crippen MR) is 118 cm³/mol. The zero-order valence-electron chi connectivity index (χ0n) is 17.2. The molecule has 2 heterocycles. The van der Waals surface area contributed by atoms with Gasteiger partial charge in [-0.2, -0.15) is 0 Å². The van der Waals surface area contributed by atoms with Crippen LogP contribution in [0.5, 0.6) is 11.5 Å². The van der Waals surface area contributed by atoms with Crippen molar-refractivity contribution in [3.63, 3.8) is 0 Å². The Hall–Kier alpha value is -3.86. The minimum Gasteiger partial charge on any atom is -0.488 e. The van der Waals surface area contributed by atoms with Crippen LogP contribution in [0.25, 0.3) is 17.0 Å². The molecule has 5 heteroatoms. The number of rotatable bonds is 4. The van der Waals surface area contributed by atoms with E-state index in [1.807, 2.05) is 49.0 Å². The first-order valence-electron chi connectivity index (χ1n) is 10.0. The van der Waals surface area contributed by atoms with E-state index in [2.05, 4.69) is 0 Å². The van der Waals surface area contributed by atoms with E-state index in [9.17, 15) is 9.18 Å². The number of allylic oxidation sites excluding steroid dienone is 1. The third-order valence-corrected chi connectivity index (χ3v) is 5.59. The topological polar surface area (TPSA) is 40.5 Å². The Morgan fingerprint density at radius 2 is 1.84 bits per heavy atom. The van der Waals surface area contributed by atoms with Crippen LogP contribution < -0.4 is 9.47 Å². The zero-order valence-corrected chi connectivity index (χ0v) is 17.2. The van der Waals surface area contributed by atoms with Crippen molar-refractivity contribution in [1.82, 2.24) is 4.57 Å². The normalized spacial score (nSPS) is 14.2. The Bertz CT molecular complexity index is 1370. The minimum absolute atomic E-state index is 0.0962. The quantitative estimate of drug-likeness (QED) is 0.396. The summed E-state index contributed by atoms with van der Waals surface area (Å²) in [5, 5.41) is 1.05. The maximum Gasteiger partial charge on any atom is 0.231 e. The third kappa shape index (κ3) is 3.28. The molecule has 0 saturated heterocycles. The molecule has 1 aliphatic rings. The van der Waals surface area contributed by atoms with E-state index in [1.165, 1.54) is 6.07 Å². The molecule has 0 atom stereocenters. The van der Waals surface area contributed by atoms with Crippen LogP contribution in [0.2, 0.25) is 0 Å². The molecule has 0 aliphatic carbocycles. The van der Waals surface area contributed by atoms with Crippen molar-refractivity contribution in [3.8, 4) is 11.5 Å². The summed E-state index contributed by atoms with van der Waals surface area (Å²) in [7, 11) is 1.97. The van der Waals surface area contributed by atoms with Gasteiger partial charge in [-0.3, -0.25) is 4.79 Å². The van der Waals surface area contributed by atoms with E-state index in [0.29, 0.717) is 28.2 Å². The molecule has 5 rings (SSSR count). The van der Waals surface area contributed by atoms with Gasteiger partial charge in [-0.05, 0) is 37.3 Å². The Kier molecular flexibility index (Phi) is 4.59. The van der Waals surface area contributed by atoms with Crippen LogP contribution >= 0.6 is 0 Å². The monoisotopic (exact) mass is 413 g/mol. The molecule has 1 aliphatic heterocycles. The van der Waals surface area contributed by atoms with Crippen molar-refractivity contribution in [1.29, 1.82) is 0 Å². The molecule has 0 saturated carbocycles. The fourth-order valence-corrected chi connectivity index (χ4v) is 3.92. The van der Waals surface area contributed by atoms with Gasteiger partial charge in [0, 0.05) is 40.8 Å². The molecule has 0 bridgehead atoms. The van der Waals surface area contributed by atoms with Crippen LogP contribution in [0, 0.1) is 12.7 Å². The molecule has 154 valence electrons. The molecule has 0 radical (unpaired) electrons. The first-order valence-corrected chi connectivity index (χ1v) is 10.0. The second-order valence-electron chi connectivity index (χ2n) is 7.60. The van der Waals surface area contributed by atoms with Gasteiger partial charge < -0.3 is 14.0 Å². The number of carbonyl (C=O) groups is 1. The molecule has 31 heavy (non-hydrogen) atoms. The Morgan fingerprint density at radius 3 is 2.68 bits per heavy atom. The number of hydrogen-bond acceptors (Lipinski definition) is 3. The van der Waals surface area contributed by atoms with E-state index < -0.39 is 0 Å². The smallest absolute Gasteiger partial charge is 0.231 e. The van der Waals surface area contributed by atoms with Crippen molar-refractivity contribution in [3.05, 3.63) is 101 Å². The summed E-state index contributed by atoms with van der Waals surface area (Å²) in [4.78, 5) is 12.9. The van der Waals surface area contributed by atoms with Gasteiger partial charge in [0.05, 0.1) is 5.56 Å². The summed E-state index contributed by atoms with van der Waals surface area (Å²) in [5.74, 6) is 0.851. The van der Waals surface area contributed by atoms with Crippen molar-refractivity contribution < 1.29 is 18.7 Å². The van der Waals surface area contributed by atoms with Crippen molar-refractivity contribution >= 4 is 22.8 Å². The molecule has 0 amide bonds. The summed E-state index contributed by atoms with van der Waals surface area (Å²) in [6, 6.07) is 17.9. The highest BCUT2D eigenvalue weighted by molar-refractivity contribution is 6.15. The average Bonchev–Trinajstić information content (AvgIpc) is 3.27. The average molecular weight is 413 g/mol. The second-order valence-corrected chi connectivity index (χ2v) is 7.60. The van der Waals surface area contributed by atoms with Crippen LogP contribution in [0.15, 0.2) is 72.6 Å². The first kappa shape index (κ1) is 19.1. The first-order chi connectivity index (χ1) is 15.0. The lowest BCUT2D eigenvalue weighted by molar-refractivity contribution is 0.101. The molecule has 0 spiro atoms. The number of Topliss-reactive ketones (excluding diaryl/α,β-unsaturated/α-hetero) is 1. The molecule has 4 aromatic rings. The van der Waals surface area contributed by atoms with E-state index >= 15 is 0 Å². The number of fused-ring (bicyclic) bond motifs is 2. The van der Waals surface area contributed by atoms with Gasteiger partial charge in [0.2, 0.25) is 5.78 Å². The largest absolute Gasteiger partial charge is 0.488 e. The van der Waals surface area contributed by atoms with Crippen LogP contribution in [-0.4, -0.2) is 10.4 Å². The van der Waals surface area contributed by atoms with Crippen LogP contribution in [0.3, 0.4) is 0 Å². The number of hydrogen-bond donors (Lipinski definition) is 0. The second kappa shape index (κ2) is 7.43. The molecule has 4 nitrogen and oxygen atoms in total. The highest BCUT2D eigenvalue weighted by Crippen LogP contribution is 2.40. The van der Waals surface area contributed by atoms with E-state index in [4.69, 9.17) is 9.47 Å². The maximum absolute atomic E-state index is 13.9. The van der Waals surface area contributed by atoms with E-state index in [0.717, 1.165) is 16.5 Å². The van der Waals surface area contributed by atoms with Crippen molar-refractivity contribution in [2.75, 3.05) is 0 Å². The number of para-hydroxylation sites is 1. The zero-order chi connectivity index (χ0) is 21.5. The molecule has 0 unspecified atom stereocenters. The number of benzene rings is 3. The highest BCUT2D eigenvalue weighted by Gasteiger charge is 2.30. The highest BCUT2D eigenvalue weighted by atomic mass is 19.1. The van der Waals surface area contributed by atoms with Gasteiger partial charge in [-0.15, -0.1) is 0 Å². The van der Waals surface area contributed by atoms with Crippen molar-refractivity contribution in [2.24, 2.45) is 7.05 Å². The van der Waals surface area contributed by atoms with Gasteiger partial charge in [-0.1, -0.05) is 36.4 Å². The predicted octanol–water partition coefficient (Wildman–Crippen LogP) is 5.82. The summed E-state index contributed by atoms with van der Waals surface area (Å²) >= 11 is 0. The Balaban J connectivity index is 1.45. The summed E-state index contributed by atoms with van der Waals surface area (Å²) in [5.41, 5.74) is 3.68. The molecule has 3 aromatic carbocycles. The van der Waals surface area contributed by atoms with Crippen LogP contribution in [0.4, 0.5) is 4.39 Å². The number of aryl methyl sites for hydroxylation is 1. The van der Waals surface area contributed by atoms with E-state index in [1.54, 1.807) is 36.4 Å². The van der Waals surface area contributed by atoms with Crippen LogP contribution in [0.1, 0.15) is 27.0 Å². The van der Waals surface area contributed by atoms with Crippen molar-refractivity contribution in [2.45, 2.75) is 13.5 Å². The van der Waals surface area contributed by atoms with Gasteiger partial charge in [0.1, 0.15) is 23.9 Å². The van der Waals surface area contributed by atoms with Gasteiger partial charge >= 0.3 is 0 Å². The SMILES string of the molecule is Cc1c(OCc2ccccc2F)ccc2c1O/C(=C\c1cn(C)c3ccccc13)C2=O. The number of halogens is 1. The van der Waals surface area contributed by atoms with E-state index in [-0.39, 0.29) is 24.0 Å². The maximum atomic E-state index is 13.9.